The van der Waals surface area contributed by atoms with Crippen molar-refractivity contribution in [1.82, 2.24) is 0 Å². The summed E-state index contributed by atoms with van der Waals surface area (Å²) in [5, 5.41) is 2.28. The summed E-state index contributed by atoms with van der Waals surface area (Å²) in [5.41, 5.74) is 1.47. The summed E-state index contributed by atoms with van der Waals surface area (Å²) in [7, 11) is 3.06. The molecule has 5 heteroatoms. The van der Waals surface area contributed by atoms with E-state index in [2.05, 4.69) is 0 Å². The minimum atomic E-state index is -0.0807. The largest absolute Gasteiger partial charge is 0.493 e. The third-order valence-corrected chi connectivity index (χ3v) is 4.32. The number of hydrogen-bond donors (Lipinski definition) is 0. The van der Waals surface area contributed by atoms with Gasteiger partial charge in [0.2, 0.25) is 5.78 Å². The second-order valence-electron chi connectivity index (χ2n) is 4.14. The van der Waals surface area contributed by atoms with Crippen LogP contribution in [0.5, 0.6) is 11.5 Å². The fraction of sp³-hybridized carbons (Fsp3) is 0.267. The van der Waals surface area contributed by atoms with Gasteiger partial charge in [-0.2, -0.15) is 0 Å². The van der Waals surface area contributed by atoms with E-state index in [-0.39, 0.29) is 5.78 Å². The Kier molecular flexibility index (Phi) is 4.68. The predicted molar refractivity (Wildman–Crippen MR) is 81.7 cm³/mol. The molecule has 0 aliphatic carbocycles. The number of methoxy groups -OCH3 is 2. The van der Waals surface area contributed by atoms with E-state index in [1.807, 2.05) is 18.4 Å². The van der Waals surface area contributed by atoms with Crippen molar-refractivity contribution in [3.63, 3.8) is 0 Å². The molecule has 1 aromatic carbocycles. The zero-order chi connectivity index (χ0) is 14.7. The maximum atomic E-state index is 12.6. The van der Waals surface area contributed by atoms with Gasteiger partial charge in [-0.25, -0.2) is 0 Å². The van der Waals surface area contributed by atoms with Gasteiger partial charge in [-0.3, -0.25) is 4.79 Å². The molecule has 0 radical (unpaired) electrons. The number of thiophene rings is 1. The third kappa shape index (κ3) is 2.67. The van der Waals surface area contributed by atoms with Gasteiger partial charge >= 0.3 is 0 Å². The van der Waals surface area contributed by atoms with Crippen LogP contribution in [0.3, 0.4) is 0 Å². The lowest BCUT2D eigenvalue weighted by Gasteiger charge is -2.11. The monoisotopic (exact) mass is 310 g/mol. The molecule has 1 aromatic heterocycles. The van der Waals surface area contributed by atoms with Gasteiger partial charge < -0.3 is 9.47 Å². The van der Waals surface area contributed by atoms with Crippen molar-refractivity contribution in [3.8, 4) is 11.5 Å². The Bertz CT molecular complexity index is 634. The van der Waals surface area contributed by atoms with Gasteiger partial charge in [-0.15, -0.1) is 11.3 Å². The summed E-state index contributed by atoms with van der Waals surface area (Å²) < 4.78 is 10.4. The number of halogens is 1. The number of carbonyl (C=O) groups excluding carboxylic acids is 1. The van der Waals surface area contributed by atoms with Crippen LogP contribution in [-0.4, -0.2) is 20.0 Å². The molecule has 106 valence electrons. The van der Waals surface area contributed by atoms with Crippen molar-refractivity contribution < 1.29 is 14.3 Å². The number of hydrogen-bond acceptors (Lipinski definition) is 4. The van der Waals surface area contributed by atoms with Crippen LogP contribution in [0.15, 0.2) is 23.6 Å². The number of aryl methyl sites for hydroxylation is 1. The molecule has 20 heavy (non-hydrogen) atoms. The second kappa shape index (κ2) is 6.29. The first-order valence-corrected chi connectivity index (χ1v) is 7.40. The Balaban J connectivity index is 2.50. The van der Waals surface area contributed by atoms with E-state index in [1.165, 1.54) is 25.6 Å². The van der Waals surface area contributed by atoms with E-state index in [0.717, 1.165) is 16.9 Å². The molecule has 2 rings (SSSR count). The Morgan fingerprint density at radius 3 is 2.50 bits per heavy atom. The van der Waals surface area contributed by atoms with Crippen molar-refractivity contribution in [3.05, 3.63) is 44.6 Å². The summed E-state index contributed by atoms with van der Waals surface area (Å²) in [6.45, 7) is 2.02. The van der Waals surface area contributed by atoms with E-state index >= 15 is 0 Å². The average molecular weight is 311 g/mol. The zero-order valence-electron chi connectivity index (χ0n) is 11.5. The van der Waals surface area contributed by atoms with Gasteiger partial charge in [0.25, 0.3) is 0 Å². The van der Waals surface area contributed by atoms with Gasteiger partial charge in [0, 0.05) is 11.6 Å². The maximum Gasteiger partial charge on any atom is 0.204 e. The summed E-state index contributed by atoms with van der Waals surface area (Å²) in [5.74, 6) is 0.925. The normalized spacial score (nSPS) is 10.4. The first-order valence-electron chi connectivity index (χ1n) is 6.15. The Morgan fingerprint density at radius 2 is 1.90 bits per heavy atom. The third-order valence-electron chi connectivity index (χ3n) is 3.05. The van der Waals surface area contributed by atoms with E-state index in [0.29, 0.717) is 22.1 Å². The Hall–Kier alpha value is -1.52. The van der Waals surface area contributed by atoms with Gasteiger partial charge in [-0.1, -0.05) is 18.5 Å². The SMILES string of the molecule is CCc1ccsc1C(=O)c1cc(OC)c(OC)cc1Cl. The van der Waals surface area contributed by atoms with Crippen molar-refractivity contribution >= 4 is 28.7 Å². The van der Waals surface area contributed by atoms with E-state index in [9.17, 15) is 4.79 Å². The van der Waals surface area contributed by atoms with Crippen molar-refractivity contribution in [2.45, 2.75) is 13.3 Å². The fourth-order valence-electron chi connectivity index (χ4n) is 1.96. The molecule has 3 nitrogen and oxygen atoms in total. The highest BCUT2D eigenvalue weighted by Gasteiger charge is 2.20. The van der Waals surface area contributed by atoms with Crippen LogP contribution in [0, 0.1) is 0 Å². The van der Waals surface area contributed by atoms with Crippen LogP contribution in [0.2, 0.25) is 5.02 Å². The number of rotatable bonds is 5. The highest BCUT2D eigenvalue weighted by molar-refractivity contribution is 7.12. The molecule has 0 atom stereocenters. The molecule has 0 saturated heterocycles. The Labute approximate surface area is 127 Å². The molecule has 0 saturated carbocycles. The smallest absolute Gasteiger partial charge is 0.204 e. The van der Waals surface area contributed by atoms with Gasteiger partial charge in [-0.05, 0) is 29.5 Å². The zero-order valence-corrected chi connectivity index (χ0v) is 13.1. The minimum absolute atomic E-state index is 0.0807. The molecule has 0 unspecified atom stereocenters. The van der Waals surface area contributed by atoms with Crippen LogP contribution >= 0.6 is 22.9 Å². The first kappa shape index (κ1) is 14.9. The lowest BCUT2D eigenvalue weighted by molar-refractivity contribution is 0.104. The minimum Gasteiger partial charge on any atom is -0.493 e. The predicted octanol–water partition coefficient (Wildman–Crippen LogP) is 4.21. The van der Waals surface area contributed by atoms with Crippen molar-refractivity contribution in [2.24, 2.45) is 0 Å². The van der Waals surface area contributed by atoms with E-state index in [1.54, 1.807) is 12.1 Å². The summed E-state index contributed by atoms with van der Waals surface area (Å²) in [4.78, 5) is 13.3. The fourth-order valence-corrected chi connectivity index (χ4v) is 3.15. The van der Waals surface area contributed by atoms with Crippen LogP contribution in [-0.2, 0) is 6.42 Å². The maximum absolute atomic E-state index is 12.6. The quantitative estimate of drug-likeness (QED) is 0.776. The molecule has 0 bridgehead atoms. The van der Waals surface area contributed by atoms with Crippen LogP contribution < -0.4 is 9.47 Å². The highest BCUT2D eigenvalue weighted by Crippen LogP contribution is 2.35. The highest BCUT2D eigenvalue weighted by atomic mass is 35.5. The van der Waals surface area contributed by atoms with E-state index in [4.69, 9.17) is 21.1 Å². The van der Waals surface area contributed by atoms with Gasteiger partial charge in [0.1, 0.15) is 0 Å². The summed E-state index contributed by atoms with van der Waals surface area (Å²) >= 11 is 7.62. The molecule has 0 aliphatic heterocycles. The van der Waals surface area contributed by atoms with Crippen LogP contribution in [0.1, 0.15) is 27.7 Å². The molecule has 0 aliphatic rings. The molecule has 0 N–H and O–H groups in total. The molecular formula is C15H15ClO3S. The van der Waals surface area contributed by atoms with Crippen LogP contribution in [0.25, 0.3) is 0 Å². The average Bonchev–Trinajstić information content (AvgIpc) is 2.94. The van der Waals surface area contributed by atoms with Crippen molar-refractivity contribution in [1.29, 1.82) is 0 Å². The van der Waals surface area contributed by atoms with Crippen molar-refractivity contribution in [2.75, 3.05) is 14.2 Å². The summed E-state index contributed by atoms with van der Waals surface area (Å²) in [6.07, 6.45) is 0.815. The molecule has 2 aromatic rings. The number of ether oxygens (including phenoxy) is 2. The number of benzene rings is 1. The first-order chi connectivity index (χ1) is 9.62. The lowest BCUT2D eigenvalue weighted by atomic mass is 10.0. The Morgan fingerprint density at radius 1 is 1.25 bits per heavy atom. The van der Waals surface area contributed by atoms with Crippen LogP contribution in [0.4, 0.5) is 0 Å². The number of ketones is 1. The molecule has 0 fully saturated rings. The van der Waals surface area contributed by atoms with E-state index < -0.39 is 0 Å². The molecule has 1 heterocycles. The van der Waals surface area contributed by atoms with Gasteiger partial charge in [0.15, 0.2) is 11.5 Å². The van der Waals surface area contributed by atoms with Gasteiger partial charge in [0.05, 0.1) is 24.1 Å². The summed E-state index contributed by atoms with van der Waals surface area (Å²) in [6, 6.07) is 5.20. The standard InChI is InChI=1S/C15H15ClO3S/c1-4-9-5-6-20-15(9)14(17)10-7-12(18-2)13(19-3)8-11(10)16/h5-8H,4H2,1-3H3. The molecule has 0 spiro atoms. The molecular weight excluding hydrogens is 296 g/mol. The molecule has 0 amide bonds. The second-order valence-corrected chi connectivity index (χ2v) is 5.47. The topological polar surface area (TPSA) is 35.5 Å². The lowest BCUT2D eigenvalue weighted by Crippen LogP contribution is -2.04. The number of carbonyl (C=O) groups is 1.